The van der Waals surface area contributed by atoms with E-state index in [0.717, 1.165) is 56.9 Å². The van der Waals surface area contributed by atoms with Gasteiger partial charge in [-0.2, -0.15) is 0 Å². The molecule has 1 aliphatic carbocycles. The highest BCUT2D eigenvalue weighted by atomic mass is 16.5. The van der Waals surface area contributed by atoms with E-state index in [2.05, 4.69) is 68.8 Å². The Morgan fingerprint density at radius 1 is 0.800 bits per heavy atom. The normalized spacial score (nSPS) is 21.4. The average Bonchev–Trinajstić information content (AvgIpc) is 2.92. The number of hydrogen-bond donors (Lipinski definition) is 0. The van der Waals surface area contributed by atoms with E-state index in [0.29, 0.717) is 18.3 Å². The van der Waals surface area contributed by atoms with Crippen LogP contribution in [0.2, 0.25) is 0 Å². The van der Waals surface area contributed by atoms with E-state index >= 15 is 0 Å². The molecule has 2 saturated heterocycles. The van der Waals surface area contributed by atoms with E-state index in [1.165, 1.54) is 18.8 Å². The summed E-state index contributed by atoms with van der Waals surface area (Å²) in [6.07, 6.45) is 6.55. The standard InChI is InChI=1S/C27H44N2O3.4C2H6/c1-26(2,20-17-28(5)18-20)19-27(3,4)32-23-9-7-8-21(14-23)29-12-10-22(11-13-29)31-25-15-24(16-25)30-6;4*1-2/h7-9,14,20,22,24-25H,10-13,15-19H2,1-6H3;4*1-2H3. The molecule has 1 aromatic rings. The van der Waals surface area contributed by atoms with Crippen molar-refractivity contribution in [2.75, 3.05) is 45.2 Å². The molecule has 3 fully saturated rings. The molecule has 2 aliphatic heterocycles. The van der Waals surface area contributed by atoms with Crippen molar-refractivity contribution in [1.82, 2.24) is 4.90 Å². The number of rotatable bonds is 9. The minimum absolute atomic E-state index is 0.194. The minimum atomic E-state index is -0.194. The number of nitrogens with zero attached hydrogens (tertiary/aromatic N) is 2. The molecule has 3 aliphatic rings. The summed E-state index contributed by atoms with van der Waals surface area (Å²) in [5.74, 6) is 1.73. The number of methoxy groups -OCH3 is 1. The van der Waals surface area contributed by atoms with Gasteiger partial charge in [0, 0.05) is 45.0 Å². The van der Waals surface area contributed by atoms with Gasteiger partial charge in [-0.1, -0.05) is 75.3 Å². The van der Waals surface area contributed by atoms with Crippen molar-refractivity contribution in [2.45, 2.75) is 139 Å². The van der Waals surface area contributed by atoms with Crippen LogP contribution in [-0.4, -0.2) is 69.1 Å². The number of ether oxygens (including phenoxy) is 3. The zero-order valence-electron chi connectivity index (χ0n) is 29.1. The van der Waals surface area contributed by atoms with Gasteiger partial charge >= 0.3 is 0 Å². The maximum absolute atomic E-state index is 6.55. The van der Waals surface area contributed by atoms with E-state index < -0.39 is 0 Å². The lowest BCUT2D eigenvalue weighted by Crippen LogP contribution is -2.52. The quantitative estimate of drug-likeness (QED) is 0.299. The van der Waals surface area contributed by atoms with Crippen molar-refractivity contribution in [3.63, 3.8) is 0 Å². The first kappa shape index (κ1) is 38.7. The molecular weight excluding hydrogens is 496 g/mol. The van der Waals surface area contributed by atoms with Crippen molar-refractivity contribution in [1.29, 1.82) is 0 Å². The number of piperidine rings is 1. The molecule has 0 atom stereocenters. The van der Waals surface area contributed by atoms with E-state index in [4.69, 9.17) is 14.2 Å². The van der Waals surface area contributed by atoms with Gasteiger partial charge in [-0.05, 0) is 76.5 Å². The second-order valence-corrected chi connectivity index (χ2v) is 11.7. The average molecular weight is 565 g/mol. The lowest BCUT2D eigenvalue weighted by molar-refractivity contribution is -0.119. The summed E-state index contributed by atoms with van der Waals surface area (Å²) in [6.45, 7) is 29.8. The molecule has 1 aromatic carbocycles. The first-order valence-corrected chi connectivity index (χ1v) is 16.5. The van der Waals surface area contributed by atoms with Crippen LogP contribution in [0.5, 0.6) is 5.75 Å². The highest BCUT2D eigenvalue weighted by molar-refractivity contribution is 5.51. The molecule has 40 heavy (non-hydrogen) atoms. The third-order valence-electron chi connectivity index (χ3n) is 7.84. The van der Waals surface area contributed by atoms with Crippen LogP contribution in [0.25, 0.3) is 0 Å². The van der Waals surface area contributed by atoms with Crippen LogP contribution < -0.4 is 9.64 Å². The van der Waals surface area contributed by atoms with Crippen molar-refractivity contribution in [2.24, 2.45) is 11.3 Å². The fraction of sp³-hybridized carbons (Fsp3) is 0.829. The van der Waals surface area contributed by atoms with Crippen LogP contribution in [0, 0.1) is 11.3 Å². The SMILES string of the molecule is CC.CC.CC.CC.COC1CC(OC2CCN(c3cccc(OC(C)(C)CC(C)(C)C4CN(C)C4)c3)CC2)C1. The van der Waals surface area contributed by atoms with Crippen LogP contribution in [0.3, 0.4) is 0 Å². The predicted molar refractivity (Wildman–Crippen MR) is 176 cm³/mol. The Hall–Kier alpha value is -1.30. The predicted octanol–water partition coefficient (Wildman–Crippen LogP) is 9.09. The van der Waals surface area contributed by atoms with Gasteiger partial charge in [-0.15, -0.1) is 0 Å². The molecule has 0 bridgehead atoms. The third-order valence-corrected chi connectivity index (χ3v) is 7.84. The second kappa shape index (κ2) is 19.8. The van der Waals surface area contributed by atoms with Gasteiger partial charge in [0.1, 0.15) is 11.4 Å². The second-order valence-electron chi connectivity index (χ2n) is 11.7. The minimum Gasteiger partial charge on any atom is -0.488 e. The molecule has 236 valence electrons. The summed E-state index contributed by atoms with van der Waals surface area (Å²) >= 11 is 0. The maximum Gasteiger partial charge on any atom is 0.122 e. The third kappa shape index (κ3) is 12.3. The molecule has 1 saturated carbocycles. The highest BCUT2D eigenvalue weighted by Gasteiger charge is 2.41. The topological polar surface area (TPSA) is 34.2 Å². The van der Waals surface area contributed by atoms with E-state index in [1.807, 2.05) is 55.4 Å². The Morgan fingerprint density at radius 2 is 1.35 bits per heavy atom. The smallest absolute Gasteiger partial charge is 0.122 e. The molecule has 0 amide bonds. The Bertz CT molecular complexity index is 747. The summed E-state index contributed by atoms with van der Waals surface area (Å²) in [5.41, 5.74) is 1.35. The molecule has 0 unspecified atom stereocenters. The van der Waals surface area contributed by atoms with Crippen LogP contribution in [0.15, 0.2) is 24.3 Å². The van der Waals surface area contributed by atoms with Crippen molar-refractivity contribution < 1.29 is 14.2 Å². The molecule has 4 rings (SSSR count). The van der Waals surface area contributed by atoms with Gasteiger partial charge in [-0.3, -0.25) is 0 Å². The zero-order valence-corrected chi connectivity index (χ0v) is 29.1. The van der Waals surface area contributed by atoms with Gasteiger partial charge in [0.2, 0.25) is 0 Å². The largest absolute Gasteiger partial charge is 0.488 e. The van der Waals surface area contributed by atoms with Crippen LogP contribution in [0.4, 0.5) is 5.69 Å². The molecule has 5 heteroatoms. The highest BCUT2D eigenvalue weighted by Crippen LogP contribution is 2.41. The summed E-state index contributed by atoms with van der Waals surface area (Å²) in [4.78, 5) is 4.88. The van der Waals surface area contributed by atoms with Gasteiger partial charge < -0.3 is 24.0 Å². The molecule has 0 N–H and O–H groups in total. The van der Waals surface area contributed by atoms with E-state index in [-0.39, 0.29) is 11.0 Å². The number of anilines is 1. The Kier molecular flexibility index (Phi) is 19.1. The monoisotopic (exact) mass is 565 g/mol. The molecule has 0 radical (unpaired) electrons. The van der Waals surface area contributed by atoms with Crippen LogP contribution >= 0.6 is 0 Å². The van der Waals surface area contributed by atoms with Crippen LogP contribution in [0.1, 0.15) is 115 Å². The van der Waals surface area contributed by atoms with Crippen molar-refractivity contribution >= 4 is 5.69 Å². The van der Waals surface area contributed by atoms with Crippen LogP contribution in [-0.2, 0) is 9.47 Å². The van der Waals surface area contributed by atoms with E-state index in [1.54, 1.807) is 7.11 Å². The summed E-state index contributed by atoms with van der Waals surface area (Å²) in [7, 11) is 4.00. The Morgan fingerprint density at radius 3 is 1.85 bits per heavy atom. The Labute approximate surface area is 250 Å². The number of hydrogen-bond acceptors (Lipinski definition) is 5. The number of benzene rings is 1. The first-order chi connectivity index (χ1) is 19.1. The molecule has 0 spiro atoms. The van der Waals surface area contributed by atoms with Gasteiger partial charge in [0.05, 0.1) is 18.3 Å². The fourth-order valence-corrected chi connectivity index (χ4v) is 5.88. The molecular formula is C35H68N2O3. The first-order valence-electron chi connectivity index (χ1n) is 16.5. The van der Waals surface area contributed by atoms with E-state index in [9.17, 15) is 0 Å². The molecule has 5 nitrogen and oxygen atoms in total. The molecule has 0 aromatic heterocycles. The molecule has 2 heterocycles. The summed E-state index contributed by atoms with van der Waals surface area (Å²) in [5, 5.41) is 0. The lowest BCUT2D eigenvalue weighted by atomic mass is 9.69. The van der Waals surface area contributed by atoms with Crippen molar-refractivity contribution in [3.05, 3.63) is 24.3 Å². The van der Waals surface area contributed by atoms with Gasteiger partial charge in [0.25, 0.3) is 0 Å². The van der Waals surface area contributed by atoms with Crippen molar-refractivity contribution in [3.8, 4) is 5.75 Å². The number of likely N-dealkylation sites (tertiary alicyclic amines) is 1. The lowest BCUT2D eigenvalue weighted by Gasteiger charge is -2.48. The summed E-state index contributed by atoms with van der Waals surface area (Å²) in [6, 6.07) is 8.68. The van der Waals surface area contributed by atoms with Gasteiger partial charge in [-0.25, -0.2) is 0 Å². The summed E-state index contributed by atoms with van der Waals surface area (Å²) < 4.78 is 18.2. The Balaban J connectivity index is 0.00000175. The fourth-order valence-electron chi connectivity index (χ4n) is 5.88. The van der Waals surface area contributed by atoms with Gasteiger partial charge in [0.15, 0.2) is 0 Å². The zero-order chi connectivity index (χ0) is 30.9. The maximum atomic E-state index is 6.55.